The molecule has 0 spiro atoms. The number of ether oxygens (including phenoxy) is 2. The number of halogens is 2. The van der Waals surface area contributed by atoms with Crippen molar-refractivity contribution in [3.63, 3.8) is 0 Å². The molecule has 1 fully saturated rings. The minimum Gasteiger partial charge on any atom is -0.484 e. The van der Waals surface area contributed by atoms with E-state index in [0.717, 1.165) is 31.6 Å². The molecule has 0 bridgehead atoms. The summed E-state index contributed by atoms with van der Waals surface area (Å²) in [6, 6.07) is 3.13. The minimum atomic E-state index is -1.00. The maximum Gasteiger partial charge on any atom is 0.258 e. The molecule has 1 aliphatic rings. The van der Waals surface area contributed by atoms with Gasteiger partial charge in [-0.15, -0.1) is 0 Å². The molecule has 1 amide bonds. The molecule has 0 radical (unpaired) electrons. The van der Waals surface area contributed by atoms with Gasteiger partial charge in [-0.2, -0.15) is 0 Å². The third-order valence-corrected chi connectivity index (χ3v) is 2.79. The van der Waals surface area contributed by atoms with Crippen LogP contribution >= 0.6 is 0 Å². The Morgan fingerprint density at radius 1 is 1.42 bits per heavy atom. The quantitative estimate of drug-likeness (QED) is 0.905. The van der Waals surface area contributed by atoms with Gasteiger partial charge in [-0.1, -0.05) is 0 Å². The van der Waals surface area contributed by atoms with E-state index in [1.54, 1.807) is 0 Å². The first-order chi connectivity index (χ1) is 9.15. The molecule has 0 saturated carbocycles. The average Bonchev–Trinajstić information content (AvgIpc) is 2.41. The molecule has 0 unspecified atom stereocenters. The zero-order chi connectivity index (χ0) is 13.7. The standard InChI is InChI=1S/C13H15F2NO3/c14-11-4-3-10(6-12(11)15)19-8-13(17)16-9-2-1-5-18-7-9/h3-4,6,9H,1-2,5,7-8H2,(H,16,17)/t9-/m0/s1. The van der Waals surface area contributed by atoms with Crippen LogP contribution in [0.1, 0.15) is 12.8 Å². The average molecular weight is 271 g/mol. The lowest BCUT2D eigenvalue weighted by atomic mass is 10.1. The van der Waals surface area contributed by atoms with Gasteiger partial charge in [0.2, 0.25) is 0 Å². The summed E-state index contributed by atoms with van der Waals surface area (Å²) < 4.78 is 35.9. The van der Waals surface area contributed by atoms with Crippen molar-refractivity contribution in [2.45, 2.75) is 18.9 Å². The van der Waals surface area contributed by atoms with Crippen LogP contribution < -0.4 is 10.1 Å². The summed E-state index contributed by atoms with van der Waals surface area (Å²) in [7, 11) is 0. The maximum absolute atomic E-state index is 12.9. The molecule has 4 nitrogen and oxygen atoms in total. The van der Waals surface area contributed by atoms with E-state index in [4.69, 9.17) is 9.47 Å². The van der Waals surface area contributed by atoms with E-state index in [1.807, 2.05) is 0 Å². The number of carbonyl (C=O) groups excluding carboxylic acids is 1. The van der Waals surface area contributed by atoms with Crippen molar-refractivity contribution in [3.8, 4) is 5.75 Å². The molecular weight excluding hydrogens is 256 g/mol. The van der Waals surface area contributed by atoms with E-state index in [1.165, 1.54) is 6.07 Å². The molecular formula is C13H15F2NO3. The minimum absolute atomic E-state index is 0.00481. The lowest BCUT2D eigenvalue weighted by Crippen LogP contribution is -2.42. The van der Waals surface area contributed by atoms with E-state index in [2.05, 4.69) is 5.32 Å². The number of nitrogens with one attached hydrogen (secondary N) is 1. The van der Waals surface area contributed by atoms with Crippen LogP contribution in [0.15, 0.2) is 18.2 Å². The van der Waals surface area contributed by atoms with Crippen LogP contribution in [-0.4, -0.2) is 31.8 Å². The summed E-state index contributed by atoms with van der Waals surface area (Å²) in [5, 5.41) is 2.76. The van der Waals surface area contributed by atoms with Gasteiger partial charge >= 0.3 is 0 Å². The second-order valence-electron chi connectivity index (χ2n) is 4.35. The second kappa shape index (κ2) is 6.47. The summed E-state index contributed by atoms with van der Waals surface area (Å²) in [6.45, 7) is 0.982. The molecule has 104 valence electrons. The Kier molecular flexibility index (Phi) is 4.68. The van der Waals surface area contributed by atoms with Crippen molar-refractivity contribution in [3.05, 3.63) is 29.8 Å². The third kappa shape index (κ3) is 4.17. The van der Waals surface area contributed by atoms with E-state index in [0.29, 0.717) is 6.61 Å². The van der Waals surface area contributed by atoms with Crippen LogP contribution in [0.2, 0.25) is 0 Å². The summed E-state index contributed by atoms with van der Waals surface area (Å²) in [5.74, 6) is -2.14. The molecule has 0 aliphatic carbocycles. The Bertz CT molecular complexity index is 448. The van der Waals surface area contributed by atoms with Crippen molar-refractivity contribution in [2.75, 3.05) is 19.8 Å². The van der Waals surface area contributed by atoms with Crippen LogP contribution in [0.25, 0.3) is 0 Å². The number of hydrogen-bond donors (Lipinski definition) is 1. The van der Waals surface area contributed by atoms with Gasteiger partial charge in [0.1, 0.15) is 5.75 Å². The Balaban J connectivity index is 1.77. The normalized spacial score (nSPS) is 18.9. The van der Waals surface area contributed by atoms with Gasteiger partial charge < -0.3 is 14.8 Å². The van der Waals surface area contributed by atoms with Gasteiger partial charge in [0.15, 0.2) is 18.2 Å². The second-order valence-corrected chi connectivity index (χ2v) is 4.35. The van der Waals surface area contributed by atoms with E-state index in [9.17, 15) is 13.6 Å². The molecule has 1 heterocycles. The smallest absolute Gasteiger partial charge is 0.258 e. The van der Waals surface area contributed by atoms with E-state index >= 15 is 0 Å². The molecule has 1 aliphatic heterocycles. The van der Waals surface area contributed by atoms with Crippen LogP contribution in [-0.2, 0) is 9.53 Å². The molecule has 6 heteroatoms. The summed E-state index contributed by atoms with van der Waals surface area (Å²) in [5.41, 5.74) is 0. The topological polar surface area (TPSA) is 47.6 Å². The predicted molar refractivity (Wildman–Crippen MR) is 63.8 cm³/mol. The molecule has 2 rings (SSSR count). The first kappa shape index (κ1) is 13.7. The highest BCUT2D eigenvalue weighted by molar-refractivity contribution is 5.77. The lowest BCUT2D eigenvalue weighted by molar-refractivity contribution is -0.124. The Morgan fingerprint density at radius 3 is 2.95 bits per heavy atom. The van der Waals surface area contributed by atoms with Crippen molar-refractivity contribution in [1.29, 1.82) is 0 Å². The van der Waals surface area contributed by atoms with E-state index in [-0.39, 0.29) is 24.3 Å². The molecule has 1 saturated heterocycles. The predicted octanol–water partition coefficient (Wildman–Crippen LogP) is 1.64. The molecule has 1 atom stereocenters. The van der Waals surface area contributed by atoms with Gasteiger partial charge in [-0.3, -0.25) is 4.79 Å². The number of rotatable bonds is 4. The Morgan fingerprint density at radius 2 is 2.26 bits per heavy atom. The SMILES string of the molecule is O=C(COc1ccc(F)c(F)c1)N[C@H]1CCCOC1. The first-order valence-corrected chi connectivity index (χ1v) is 6.10. The third-order valence-electron chi connectivity index (χ3n) is 2.79. The van der Waals surface area contributed by atoms with E-state index < -0.39 is 11.6 Å². The molecule has 0 aromatic heterocycles. The number of benzene rings is 1. The fourth-order valence-corrected chi connectivity index (χ4v) is 1.84. The number of amides is 1. The van der Waals surface area contributed by atoms with Gasteiger partial charge in [0, 0.05) is 12.7 Å². The number of carbonyl (C=O) groups is 1. The van der Waals surface area contributed by atoms with Crippen LogP contribution in [0.5, 0.6) is 5.75 Å². The van der Waals surface area contributed by atoms with Gasteiger partial charge in [0.25, 0.3) is 5.91 Å². The van der Waals surface area contributed by atoms with Gasteiger partial charge in [-0.05, 0) is 25.0 Å². The molecule has 1 aromatic rings. The first-order valence-electron chi connectivity index (χ1n) is 6.10. The highest BCUT2D eigenvalue weighted by atomic mass is 19.2. The fourth-order valence-electron chi connectivity index (χ4n) is 1.84. The monoisotopic (exact) mass is 271 g/mol. The van der Waals surface area contributed by atoms with Crippen LogP contribution in [0, 0.1) is 11.6 Å². The molecule has 1 N–H and O–H groups in total. The van der Waals surface area contributed by atoms with Crippen LogP contribution in [0.4, 0.5) is 8.78 Å². The number of hydrogen-bond acceptors (Lipinski definition) is 3. The zero-order valence-electron chi connectivity index (χ0n) is 10.3. The van der Waals surface area contributed by atoms with Crippen molar-refractivity contribution >= 4 is 5.91 Å². The van der Waals surface area contributed by atoms with Crippen molar-refractivity contribution < 1.29 is 23.0 Å². The summed E-state index contributed by atoms with van der Waals surface area (Å²) in [6.07, 6.45) is 1.78. The van der Waals surface area contributed by atoms with Gasteiger partial charge in [-0.25, -0.2) is 8.78 Å². The Hall–Kier alpha value is -1.69. The molecule has 19 heavy (non-hydrogen) atoms. The van der Waals surface area contributed by atoms with Crippen LogP contribution in [0.3, 0.4) is 0 Å². The summed E-state index contributed by atoms with van der Waals surface area (Å²) >= 11 is 0. The van der Waals surface area contributed by atoms with Crippen molar-refractivity contribution in [2.24, 2.45) is 0 Å². The van der Waals surface area contributed by atoms with Crippen molar-refractivity contribution in [1.82, 2.24) is 5.32 Å². The molecule has 1 aromatic carbocycles. The Labute approximate surface area is 109 Å². The highest BCUT2D eigenvalue weighted by Gasteiger charge is 2.16. The fraction of sp³-hybridized carbons (Fsp3) is 0.462. The highest BCUT2D eigenvalue weighted by Crippen LogP contribution is 2.15. The lowest BCUT2D eigenvalue weighted by Gasteiger charge is -2.23. The summed E-state index contributed by atoms with van der Waals surface area (Å²) in [4.78, 5) is 11.6. The van der Waals surface area contributed by atoms with Gasteiger partial charge in [0.05, 0.1) is 12.6 Å². The largest absolute Gasteiger partial charge is 0.484 e. The maximum atomic E-state index is 12.9. The zero-order valence-corrected chi connectivity index (χ0v) is 10.3.